The molecule has 2 heterocycles. The van der Waals surface area contributed by atoms with Crippen LogP contribution in [0.2, 0.25) is 0 Å². The lowest BCUT2D eigenvalue weighted by molar-refractivity contribution is 0.452. The van der Waals surface area contributed by atoms with Crippen LogP contribution in [0.25, 0.3) is 11.0 Å². The van der Waals surface area contributed by atoms with Gasteiger partial charge in [0.2, 0.25) is 0 Å². The molecule has 1 aromatic carbocycles. The van der Waals surface area contributed by atoms with Crippen molar-refractivity contribution in [1.29, 1.82) is 0 Å². The Morgan fingerprint density at radius 3 is 2.89 bits per heavy atom. The molecule has 0 fully saturated rings. The van der Waals surface area contributed by atoms with E-state index in [0.29, 0.717) is 0 Å². The van der Waals surface area contributed by atoms with Gasteiger partial charge < -0.3 is 14.0 Å². The molecule has 0 spiro atoms. The summed E-state index contributed by atoms with van der Waals surface area (Å²) in [5, 5.41) is 0. The highest BCUT2D eigenvalue weighted by Crippen LogP contribution is 2.24. The minimum absolute atomic E-state index is 0.259. The molecule has 3 rings (SSSR count). The molecule has 0 radical (unpaired) electrons. The molecule has 19 heavy (non-hydrogen) atoms. The lowest BCUT2D eigenvalue weighted by Gasteiger charge is -2.13. The fourth-order valence-corrected chi connectivity index (χ4v) is 2.92. The van der Waals surface area contributed by atoms with E-state index in [1.165, 1.54) is 5.56 Å². The zero-order valence-corrected chi connectivity index (χ0v) is 11.8. The van der Waals surface area contributed by atoms with Crippen molar-refractivity contribution >= 4 is 23.3 Å². The molecule has 3 nitrogen and oxygen atoms in total. The van der Waals surface area contributed by atoms with Crippen LogP contribution in [0.15, 0.2) is 41.0 Å². The van der Waals surface area contributed by atoms with Gasteiger partial charge in [-0.3, -0.25) is 0 Å². The van der Waals surface area contributed by atoms with Crippen LogP contribution in [0.4, 0.5) is 0 Å². The number of aromatic amines is 1. The first kappa shape index (κ1) is 12.2. The van der Waals surface area contributed by atoms with Crippen molar-refractivity contribution in [3.8, 4) is 0 Å². The monoisotopic (exact) mass is 272 g/mol. The number of nitrogens with one attached hydrogen (secondary N) is 1. The molecule has 0 aliphatic carbocycles. The van der Waals surface area contributed by atoms with Crippen molar-refractivity contribution in [3.05, 3.63) is 52.7 Å². The SMILES string of the molecule is Cc1cccc2c1[nH]c(=S)n2C(C)Cc1ccco1. The average Bonchev–Trinajstić information content (AvgIpc) is 2.96. The highest BCUT2D eigenvalue weighted by atomic mass is 32.1. The van der Waals surface area contributed by atoms with Crippen LogP contribution in [0.5, 0.6) is 0 Å². The third-order valence-electron chi connectivity index (χ3n) is 3.48. The van der Waals surface area contributed by atoms with Crippen molar-refractivity contribution in [2.24, 2.45) is 0 Å². The first-order chi connectivity index (χ1) is 9.16. The molecule has 4 heteroatoms. The van der Waals surface area contributed by atoms with E-state index in [9.17, 15) is 0 Å². The summed E-state index contributed by atoms with van der Waals surface area (Å²) >= 11 is 5.46. The van der Waals surface area contributed by atoms with E-state index >= 15 is 0 Å². The molecular weight excluding hydrogens is 256 g/mol. The van der Waals surface area contributed by atoms with Crippen molar-refractivity contribution in [2.45, 2.75) is 26.3 Å². The highest BCUT2D eigenvalue weighted by molar-refractivity contribution is 7.71. The lowest BCUT2D eigenvalue weighted by Crippen LogP contribution is -2.07. The van der Waals surface area contributed by atoms with E-state index in [-0.39, 0.29) is 6.04 Å². The maximum Gasteiger partial charge on any atom is 0.178 e. The normalized spacial score (nSPS) is 12.9. The molecule has 0 aliphatic heterocycles. The highest BCUT2D eigenvalue weighted by Gasteiger charge is 2.13. The topological polar surface area (TPSA) is 33.9 Å². The Kier molecular flexibility index (Phi) is 3.03. The van der Waals surface area contributed by atoms with Gasteiger partial charge in [-0.2, -0.15) is 0 Å². The molecule has 1 unspecified atom stereocenters. The molecule has 0 aliphatic rings. The smallest absolute Gasteiger partial charge is 0.178 e. The fraction of sp³-hybridized carbons (Fsp3) is 0.267. The summed E-state index contributed by atoms with van der Waals surface area (Å²) in [4.78, 5) is 3.30. The van der Waals surface area contributed by atoms with E-state index in [0.717, 1.165) is 28.0 Å². The first-order valence-electron chi connectivity index (χ1n) is 6.39. The quantitative estimate of drug-likeness (QED) is 0.717. The Bertz CT molecular complexity index is 752. The number of para-hydroxylation sites is 1. The second kappa shape index (κ2) is 4.70. The van der Waals surface area contributed by atoms with E-state index in [1.807, 2.05) is 12.1 Å². The third kappa shape index (κ3) is 2.12. The van der Waals surface area contributed by atoms with Gasteiger partial charge in [0.15, 0.2) is 4.77 Å². The zero-order valence-electron chi connectivity index (χ0n) is 11.0. The Morgan fingerprint density at radius 2 is 2.16 bits per heavy atom. The van der Waals surface area contributed by atoms with E-state index in [4.69, 9.17) is 16.6 Å². The Balaban J connectivity index is 2.07. The van der Waals surface area contributed by atoms with Crippen molar-refractivity contribution in [2.75, 3.05) is 0 Å². The number of furan rings is 1. The number of benzene rings is 1. The second-order valence-electron chi connectivity index (χ2n) is 4.90. The van der Waals surface area contributed by atoms with E-state index in [1.54, 1.807) is 6.26 Å². The number of nitrogens with zero attached hydrogens (tertiary/aromatic N) is 1. The summed E-state index contributed by atoms with van der Waals surface area (Å²) in [6.45, 7) is 4.25. The molecule has 0 amide bonds. The molecule has 1 atom stereocenters. The predicted molar refractivity (Wildman–Crippen MR) is 79.0 cm³/mol. The molecule has 0 saturated heterocycles. The number of hydrogen-bond acceptors (Lipinski definition) is 2. The molecule has 3 aromatic rings. The molecule has 1 N–H and O–H groups in total. The maximum absolute atomic E-state index is 5.46. The van der Waals surface area contributed by atoms with Gasteiger partial charge in [0, 0.05) is 12.5 Å². The zero-order chi connectivity index (χ0) is 13.4. The maximum atomic E-state index is 5.46. The molecule has 0 bridgehead atoms. The van der Waals surface area contributed by atoms with Crippen LogP contribution in [-0.4, -0.2) is 9.55 Å². The summed E-state index contributed by atoms with van der Waals surface area (Å²) in [5.74, 6) is 0.983. The average molecular weight is 272 g/mol. The van der Waals surface area contributed by atoms with Crippen LogP contribution in [0, 0.1) is 11.7 Å². The number of imidazole rings is 1. The Labute approximate surface area is 116 Å². The van der Waals surface area contributed by atoms with Gasteiger partial charge in [-0.05, 0) is 49.8 Å². The van der Waals surface area contributed by atoms with Crippen molar-refractivity contribution < 1.29 is 4.42 Å². The number of fused-ring (bicyclic) bond motifs is 1. The summed E-state index contributed by atoms with van der Waals surface area (Å²) in [5.41, 5.74) is 3.50. The molecular formula is C15H16N2OS. The van der Waals surface area contributed by atoms with Gasteiger partial charge in [0.25, 0.3) is 0 Å². The third-order valence-corrected chi connectivity index (χ3v) is 3.78. The largest absolute Gasteiger partial charge is 0.469 e. The van der Waals surface area contributed by atoms with Crippen LogP contribution in [0.1, 0.15) is 24.3 Å². The van der Waals surface area contributed by atoms with Crippen LogP contribution in [0.3, 0.4) is 0 Å². The first-order valence-corrected chi connectivity index (χ1v) is 6.80. The van der Waals surface area contributed by atoms with Crippen molar-refractivity contribution in [3.63, 3.8) is 0 Å². The van der Waals surface area contributed by atoms with Gasteiger partial charge in [-0.25, -0.2) is 0 Å². The number of rotatable bonds is 3. The molecule has 2 aromatic heterocycles. The number of H-pyrrole nitrogens is 1. The van der Waals surface area contributed by atoms with Gasteiger partial charge in [-0.1, -0.05) is 12.1 Å². The minimum Gasteiger partial charge on any atom is -0.469 e. The number of hydrogen-bond donors (Lipinski definition) is 1. The van der Waals surface area contributed by atoms with Gasteiger partial charge in [0.1, 0.15) is 5.76 Å². The van der Waals surface area contributed by atoms with Gasteiger partial charge in [-0.15, -0.1) is 0 Å². The lowest BCUT2D eigenvalue weighted by atomic mass is 10.1. The molecule has 0 saturated carbocycles. The van der Waals surface area contributed by atoms with E-state index < -0.39 is 0 Å². The Morgan fingerprint density at radius 1 is 1.32 bits per heavy atom. The standard InChI is InChI=1S/C15H16N2OS/c1-10-5-3-7-13-14(10)16-15(19)17(13)11(2)9-12-6-4-8-18-12/h3-8,11H,9H2,1-2H3,(H,16,19). The van der Waals surface area contributed by atoms with Crippen LogP contribution >= 0.6 is 12.2 Å². The fourth-order valence-electron chi connectivity index (χ4n) is 2.54. The summed E-state index contributed by atoms with van der Waals surface area (Å²) in [6, 6.07) is 10.4. The van der Waals surface area contributed by atoms with Gasteiger partial charge in [0.05, 0.1) is 17.3 Å². The predicted octanol–water partition coefficient (Wildman–Crippen LogP) is 4.40. The Hall–Kier alpha value is -1.81. The van der Waals surface area contributed by atoms with Crippen LogP contribution < -0.4 is 0 Å². The second-order valence-corrected chi connectivity index (χ2v) is 5.29. The minimum atomic E-state index is 0.259. The summed E-state index contributed by atoms with van der Waals surface area (Å²) in [7, 11) is 0. The summed E-state index contributed by atoms with van der Waals surface area (Å²) < 4.78 is 8.35. The number of aryl methyl sites for hydroxylation is 1. The van der Waals surface area contributed by atoms with Crippen LogP contribution in [-0.2, 0) is 6.42 Å². The molecule has 98 valence electrons. The summed E-state index contributed by atoms with van der Waals surface area (Å²) in [6.07, 6.45) is 2.54. The number of aromatic nitrogens is 2. The van der Waals surface area contributed by atoms with E-state index in [2.05, 4.69) is 41.6 Å². The van der Waals surface area contributed by atoms with Gasteiger partial charge >= 0.3 is 0 Å². The van der Waals surface area contributed by atoms with Crippen molar-refractivity contribution in [1.82, 2.24) is 9.55 Å².